The van der Waals surface area contributed by atoms with Crippen molar-refractivity contribution >= 4 is 16.0 Å². The molecule has 0 saturated carbocycles. The molecule has 178 valence electrons. The molecule has 1 heterocycles. The van der Waals surface area contributed by atoms with Crippen LogP contribution >= 0.6 is 0 Å². The molecule has 0 spiro atoms. The Morgan fingerprint density at radius 1 is 1.06 bits per heavy atom. The van der Waals surface area contributed by atoms with E-state index in [1.54, 1.807) is 49.4 Å². The summed E-state index contributed by atoms with van der Waals surface area (Å²) in [6.07, 6.45) is 0.0700. The van der Waals surface area contributed by atoms with Gasteiger partial charge in [-0.2, -0.15) is 4.31 Å². The van der Waals surface area contributed by atoms with E-state index >= 15 is 0 Å². The van der Waals surface area contributed by atoms with Gasteiger partial charge in [-0.15, -0.1) is 0 Å². The first-order valence-electron chi connectivity index (χ1n) is 10.6. The Balaban J connectivity index is 1.43. The second-order valence-electron chi connectivity index (χ2n) is 8.22. The van der Waals surface area contributed by atoms with Crippen molar-refractivity contribution in [3.63, 3.8) is 0 Å². The number of hydrogen-bond acceptors (Lipinski definition) is 4. The highest BCUT2D eigenvalue weighted by atomic mass is 32.2. The molecule has 0 unspecified atom stereocenters. The number of carboxylic acid groups (broad SMARTS) is 1. The molecule has 1 N–H and O–H groups in total. The minimum atomic E-state index is -3.61. The number of rotatable bonds is 7. The normalized spacial score (nSPS) is 17.6. The van der Waals surface area contributed by atoms with Gasteiger partial charge in [0.05, 0.1) is 5.75 Å². The number of aryl methyl sites for hydroxylation is 1. The lowest BCUT2D eigenvalue weighted by atomic mass is 10.0. The van der Waals surface area contributed by atoms with E-state index in [0.717, 1.165) is 21.5 Å². The van der Waals surface area contributed by atoms with Gasteiger partial charge in [-0.3, -0.25) is 4.79 Å². The van der Waals surface area contributed by atoms with E-state index in [4.69, 9.17) is 4.74 Å². The van der Waals surface area contributed by atoms with Crippen LogP contribution in [-0.2, 0) is 28.0 Å². The average Bonchev–Trinajstić information content (AvgIpc) is 3.10. The van der Waals surface area contributed by atoms with Crippen LogP contribution in [0.2, 0.25) is 0 Å². The van der Waals surface area contributed by atoms with Gasteiger partial charge in [-0.25, -0.2) is 17.2 Å². The number of halogens is 2. The van der Waals surface area contributed by atoms with Gasteiger partial charge < -0.3 is 9.84 Å². The predicted molar refractivity (Wildman–Crippen MR) is 123 cm³/mol. The largest absolute Gasteiger partial charge is 0.489 e. The van der Waals surface area contributed by atoms with Crippen molar-refractivity contribution in [2.24, 2.45) is 0 Å². The molecule has 9 heteroatoms. The van der Waals surface area contributed by atoms with E-state index in [1.807, 2.05) is 6.07 Å². The van der Waals surface area contributed by atoms with Crippen molar-refractivity contribution in [3.8, 4) is 16.9 Å². The molecule has 34 heavy (non-hydrogen) atoms. The third kappa shape index (κ3) is 5.10. The molecule has 6 nitrogen and oxygen atoms in total. The first-order valence-corrected chi connectivity index (χ1v) is 12.2. The van der Waals surface area contributed by atoms with Crippen molar-refractivity contribution in [3.05, 3.63) is 89.0 Å². The van der Waals surface area contributed by atoms with E-state index in [9.17, 15) is 27.1 Å². The monoisotopic (exact) mass is 487 g/mol. The lowest BCUT2D eigenvalue weighted by Gasteiger charge is -2.20. The average molecular weight is 488 g/mol. The smallest absolute Gasteiger partial charge is 0.322 e. The second kappa shape index (κ2) is 9.52. The lowest BCUT2D eigenvalue weighted by molar-refractivity contribution is -0.141. The fraction of sp³-hybridized carbons (Fsp3) is 0.240. The van der Waals surface area contributed by atoms with Crippen LogP contribution < -0.4 is 4.74 Å². The zero-order chi connectivity index (χ0) is 24.5. The summed E-state index contributed by atoms with van der Waals surface area (Å²) in [5, 5.41) is 9.33. The second-order valence-corrected chi connectivity index (χ2v) is 10.3. The van der Waals surface area contributed by atoms with Crippen LogP contribution in [-0.4, -0.2) is 35.6 Å². The van der Waals surface area contributed by atoms with Gasteiger partial charge in [-0.1, -0.05) is 36.4 Å². The molecular weight excluding hydrogens is 464 g/mol. The van der Waals surface area contributed by atoms with E-state index in [-0.39, 0.29) is 25.3 Å². The number of carbonyl (C=O) groups is 1. The first kappa shape index (κ1) is 23.8. The fourth-order valence-electron chi connectivity index (χ4n) is 4.02. The maximum atomic E-state index is 13.6. The van der Waals surface area contributed by atoms with E-state index < -0.39 is 33.7 Å². The number of carboxylic acids is 1. The molecule has 3 aromatic rings. The van der Waals surface area contributed by atoms with Crippen molar-refractivity contribution < 1.29 is 31.8 Å². The molecule has 1 saturated heterocycles. The molecule has 1 aliphatic heterocycles. The van der Waals surface area contributed by atoms with Crippen molar-refractivity contribution in [1.29, 1.82) is 0 Å². The molecule has 1 fully saturated rings. The topological polar surface area (TPSA) is 83.9 Å². The Labute approximate surface area is 196 Å². The Morgan fingerprint density at radius 3 is 2.44 bits per heavy atom. The Morgan fingerprint density at radius 2 is 1.74 bits per heavy atom. The SMILES string of the molecule is Cc1cc(F)c(F)cc1-c1ccc(OCc2cccc(CN3[C@@H](C(=O)O)CCS3(=O)=O)c2)cc1. The molecule has 0 amide bonds. The van der Waals surface area contributed by atoms with Crippen LogP contribution in [0.25, 0.3) is 11.1 Å². The van der Waals surface area contributed by atoms with Crippen LogP contribution in [0.3, 0.4) is 0 Å². The fourth-order valence-corrected chi connectivity index (χ4v) is 5.71. The number of nitrogens with zero attached hydrogens (tertiary/aromatic N) is 1. The highest BCUT2D eigenvalue weighted by Gasteiger charge is 2.41. The van der Waals surface area contributed by atoms with Gasteiger partial charge >= 0.3 is 5.97 Å². The Hall–Kier alpha value is -3.30. The van der Waals surface area contributed by atoms with Crippen LogP contribution in [0, 0.1) is 18.6 Å². The highest BCUT2D eigenvalue weighted by molar-refractivity contribution is 7.89. The van der Waals surface area contributed by atoms with Crippen LogP contribution in [0.4, 0.5) is 8.78 Å². The van der Waals surface area contributed by atoms with Gasteiger partial charge in [0.25, 0.3) is 0 Å². The number of aliphatic carboxylic acids is 1. The zero-order valence-electron chi connectivity index (χ0n) is 18.4. The van der Waals surface area contributed by atoms with Gasteiger partial charge in [0.1, 0.15) is 18.4 Å². The standard InChI is InChI=1S/C25H23F2NO5S/c1-16-11-22(26)23(27)13-21(16)19-5-7-20(8-6-19)33-15-18-4-2-3-17(12-18)14-28-24(25(29)30)9-10-34(28,31)32/h2-8,11-13,24H,9-10,14-15H2,1H3,(H,29,30)/t24-/m1/s1. The van der Waals surface area contributed by atoms with Crippen molar-refractivity contribution in [2.75, 3.05) is 5.75 Å². The predicted octanol–water partition coefficient (Wildman–Crippen LogP) is 4.51. The molecule has 0 aromatic heterocycles. The van der Waals surface area contributed by atoms with Gasteiger partial charge in [0.2, 0.25) is 10.0 Å². The molecule has 1 atom stereocenters. The summed E-state index contributed by atoms with van der Waals surface area (Å²) in [6.45, 7) is 1.91. The van der Waals surface area contributed by atoms with Crippen molar-refractivity contribution in [2.45, 2.75) is 32.5 Å². The summed E-state index contributed by atoms with van der Waals surface area (Å²) in [5.41, 5.74) is 3.40. The number of ether oxygens (including phenoxy) is 1. The molecular formula is C25H23F2NO5S. The minimum Gasteiger partial charge on any atom is -0.489 e. The maximum Gasteiger partial charge on any atom is 0.322 e. The van der Waals surface area contributed by atoms with Gasteiger partial charge in [-0.05, 0) is 65.4 Å². The number of sulfonamides is 1. The van der Waals surface area contributed by atoms with E-state index in [2.05, 4.69) is 0 Å². The van der Waals surface area contributed by atoms with Crippen LogP contribution in [0.5, 0.6) is 5.75 Å². The molecule has 0 radical (unpaired) electrons. The molecule has 1 aliphatic rings. The van der Waals surface area contributed by atoms with Crippen LogP contribution in [0.1, 0.15) is 23.1 Å². The highest BCUT2D eigenvalue weighted by Crippen LogP contribution is 2.28. The maximum absolute atomic E-state index is 13.6. The lowest BCUT2D eigenvalue weighted by Crippen LogP contribution is -2.37. The summed E-state index contributed by atoms with van der Waals surface area (Å²) >= 11 is 0. The summed E-state index contributed by atoms with van der Waals surface area (Å²) in [6, 6.07) is 15.4. The minimum absolute atomic E-state index is 0.0184. The van der Waals surface area contributed by atoms with Gasteiger partial charge in [0.15, 0.2) is 11.6 Å². The quantitative estimate of drug-likeness (QED) is 0.530. The van der Waals surface area contributed by atoms with E-state index in [0.29, 0.717) is 22.4 Å². The van der Waals surface area contributed by atoms with Crippen molar-refractivity contribution in [1.82, 2.24) is 4.31 Å². The molecule has 0 aliphatic carbocycles. The summed E-state index contributed by atoms with van der Waals surface area (Å²) in [5.74, 6) is -2.54. The zero-order valence-corrected chi connectivity index (χ0v) is 19.2. The van der Waals surface area contributed by atoms with E-state index in [1.165, 1.54) is 6.07 Å². The first-order chi connectivity index (χ1) is 16.1. The third-order valence-corrected chi connectivity index (χ3v) is 7.66. The number of hydrogen-bond donors (Lipinski definition) is 1. The summed E-state index contributed by atoms with van der Waals surface area (Å²) < 4.78 is 58.4. The Bertz CT molecular complexity index is 1330. The van der Waals surface area contributed by atoms with Crippen LogP contribution in [0.15, 0.2) is 60.7 Å². The molecule has 0 bridgehead atoms. The van der Waals surface area contributed by atoms with Gasteiger partial charge in [0, 0.05) is 6.54 Å². The summed E-state index contributed by atoms with van der Waals surface area (Å²) in [4.78, 5) is 11.4. The number of benzene rings is 3. The third-order valence-electron chi connectivity index (χ3n) is 5.81. The summed E-state index contributed by atoms with van der Waals surface area (Å²) in [7, 11) is -3.61. The molecule has 4 rings (SSSR count). The molecule has 3 aromatic carbocycles. The Kier molecular flexibility index (Phi) is 6.67.